The van der Waals surface area contributed by atoms with E-state index >= 15 is 0 Å². The largest absolute Gasteiger partial charge is 0.426 e. The molecule has 0 saturated heterocycles. The van der Waals surface area contributed by atoms with E-state index in [0.717, 1.165) is 5.56 Å². The van der Waals surface area contributed by atoms with Crippen molar-refractivity contribution >= 4 is 5.97 Å². The third-order valence-electron chi connectivity index (χ3n) is 2.28. The molecule has 1 rings (SSSR count). The van der Waals surface area contributed by atoms with E-state index in [4.69, 9.17) is 10.5 Å². The van der Waals surface area contributed by atoms with Gasteiger partial charge in [-0.15, -0.1) is 0 Å². The molecule has 0 aliphatic carbocycles. The highest BCUT2D eigenvalue weighted by Gasteiger charge is 2.14. The van der Waals surface area contributed by atoms with E-state index in [2.05, 4.69) is 20.8 Å². The molecule has 0 amide bonds. The normalized spacial score (nSPS) is 11.2. The Labute approximate surface area is 96.6 Å². The van der Waals surface area contributed by atoms with Crippen molar-refractivity contribution in [1.29, 1.82) is 0 Å². The van der Waals surface area contributed by atoms with Crippen LogP contribution >= 0.6 is 0 Å². The van der Waals surface area contributed by atoms with Crippen LogP contribution in [0.5, 0.6) is 5.75 Å². The van der Waals surface area contributed by atoms with Crippen molar-refractivity contribution in [3.8, 4) is 5.75 Å². The lowest BCUT2D eigenvalue weighted by Crippen LogP contribution is -2.15. The molecule has 2 N–H and O–H groups in total. The maximum absolute atomic E-state index is 11.3. The molecular formula is C13H19NO2. The molecule has 1 aromatic carbocycles. The first-order valence-corrected chi connectivity index (χ1v) is 5.45. The van der Waals surface area contributed by atoms with Crippen molar-refractivity contribution in [2.45, 2.75) is 32.6 Å². The summed E-state index contributed by atoms with van der Waals surface area (Å²) < 4.78 is 5.17. The monoisotopic (exact) mass is 221 g/mol. The van der Waals surface area contributed by atoms with Crippen molar-refractivity contribution in [3.05, 3.63) is 29.8 Å². The maximum Gasteiger partial charge on any atom is 0.312 e. The molecule has 16 heavy (non-hydrogen) atoms. The summed E-state index contributed by atoms with van der Waals surface area (Å²) in [4.78, 5) is 11.3. The molecule has 1 aromatic rings. The molecule has 0 atom stereocenters. The van der Waals surface area contributed by atoms with Crippen molar-refractivity contribution < 1.29 is 9.53 Å². The molecule has 0 saturated carbocycles. The summed E-state index contributed by atoms with van der Waals surface area (Å²) in [5.74, 6) is 0.305. The zero-order chi connectivity index (χ0) is 12.2. The number of nitrogens with two attached hydrogens (primary N) is 1. The third-order valence-corrected chi connectivity index (χ3v) is 2.28. The lowest BCUT2D eigenvalue weighted by Gasteiger charge is -2.19. The second kappa shape index (κ2) is 5.12. The Morgan fingerprint density at radius 1 is 1.38 bits per heavy atom. The number of carbonyl (C=O) groups excluding carboxylic acids is 1. The SMILES string of the molecule is CC(C)(C)c1cccc(OC(=O)CCN)c1. The van der Waals surface area contributed by atoms with Gasteiger partial charge in [-0.1, -0.05) is 32.9 Å². The fourth-order valence-corrected chi connectivity index (χ4v) is 1.33. The predicted octanol–water partition coefficient (Wildman–Crippen LogP) is 2.24. The highest BCUT2D eigenvalue weighted by Crippen LogP contribution is 2.25. The van der Waals surface area contributed by atoms with E-state index in [1.54, 1.807) is 6.07 Å². The summed E-state index contributed by atoms with van der Waals surface area (Å²) in [6, 6.07) is 7.60. The summed E-state index contributed by atoms with van der Waals surface area (Å²) in [5, 5.41) is 0. The van der Waals surface area contributed by atoms with E-state index < -0.39 is 0 Å². The van der Waals surface area contributed by atoms with Gasteiger partial charge in [0.25, 0.3) is 0 Å². The van der Waals surface area contributed by atoms with Gasteiger partial charge in [0.1, 0.15) is 5.75 Å². The van der Waals surface area contributed by atoms with Crippen LogP contribution in [-0.4, -0.2) is 12.5 Å². The average Bonchev–Trinajstić information content (AvgIpc) is 2.17. The minimum atomic E-state index is -0.284. The zero-order valence-electron chi connectivity index (χ0n) is 10.1. The number of rotatable bonds is 3. The number of hydrogen-bond acceptors (Lipinski definition) is 3. The highest BCUT2D eigenvalue weighted by atomic mass is 16.5. The molecule has 3 heteroatoms. The van der Waals surface area contributed by atoms with Crippen LogP contribution < -0.4 is 10.5 Å². The van der Waals surface area contributed by atoms with Crippen LogP contribution in [0.1, 0.15) is 32.8 Å². The summed E-state index contributed by atoms with van der Waals surface area (Å²) in [7, 11) is 0. The molecule has 0 heterocycles. The van der Waals surface area contributed by atoms with E-state index in [0.29, 0.717) is 12.3 Å². The molecule has 88 valence electrons. The zero-order valence-corrected chi connectivity index (χ0v) is 10.1. The minimum Gasteiger partial charge on any atom is -0.426 e. The average molecular weight is 221 g/mol. The predicted molar refractivity (Wildman–Crippen MR) is 64.4 cm³/mol. The van der Waals surface area contributed by atoms with Crippen LogP contribution in [0.15, 0.2) is 24.3 Å². The van der Waals surface area contributed by atoms with Gasteiger partial charge < -0.3 is 10.5 Å². The standard InChI is InChI=1S/C13H19NO2/c1-13(2,3)10-5-4-6-11(9-10)16-12(15)7-8-14/h4-6,9H,7-8,14H2,1-3H3. The van der Waals surface area contributed by atoms with E-state index in [9.17, 15) is 4.79 Å². The van der Waals surface area contributed by atoms with Crippen molar-refractivity contribution in [2.75, 3.05) is 6.54 Å². The van der Waals surface area contributed by atoms with Gasteiger partial charge in [0.2, 0.25) is 0 Å². The fraction of sp³-hybridized carbons (Fsp3) is 0.462. The number of esters is 1. The summed E-state index contributed by atoms with van der Waals surface area (Å²) in [6.07, 6.45) is 0.250. The first kappa shape index (κ1) is 12.7. The fourth-order valence-electron chi connectivity index (χ4n) is 1.33. The van der Waals surface area contributed by atoms with Gasteiger partial charge in [-0.3, -0.25) is 4.79 Å². The minimum absolute atomic E-state index is 0.0519. The van der Waals surface area contributed by atoms with Gasteiger partial charge in [0, 0.05) is 6.54 Å². The first-order valence-electron chi connectivity index (χ1n) is 5.45. The lowest BCUT2D eigenvalue weighted by molar-refractivity contribution is -0.134. The quantitative estimate of drug-likeness (QED) is 0.629. The molecule has 0 aromatic heterocycles. The van der Waals surface area contributed by atoms with Crippen LogP contribution in [0, 0.1) is 0 Å². The molecular weight excluding hydrogens is 202 g/mol. The number of ether oxygens (including phenoxy) is 1. The van der Waals surface area contributed by atoms with Gasteiger partial charge in [0.15, 0.2) is 0 Å². The Hall–Kier alpha value is -1.35. The Kier molecular flexibility index (Phi) is 4.07. The van der Waals surface area contributed by atoms with Crippen LogP contribution in [0.2, 0.25) is 0 Å². The molecule has 0 aliphatic heterocycles. The molecule has 3 nitrogen and oxygen atoms in total. The van der Waals surface area contributed by atoms with Gasteiger partial charge in [-0.2, -0.15) is 0 Å². The lowest BCUT2D eigenvalue weighted by atomic mass is 9.87. The summed E-state index contributed by atoms with van der Waals surface area (Å²) in [5.41, 5.74) is 6.48. The van der Waals surface area contributed by atoms with Crippen molar-refractivity contribution in [1.82, 2.24) is 0 Å². The number of hydrogen-bond donors (Lipinski definition) is 1. The van der Waals surface area contributed by atoms with Gasteiger partial charge in [-0.25, -0.2) is 0 Å². The Morgan fingerprint density at radius 3 is 2.62 bits per heavy atom. The Bertz CT molecular complexity index is 366. The van der Waals surface area contributed by atoms with Crippen LogP contribution in [0.4, 0.5) is 0 Å². The van der Waals surface area contributed by atoms with Crippen molar-refractivity contribution in [2.24, 2.45) is 5.73 Å². The van der Waals surface area contributed by atoms with Crippen LogP contribution in [0.25, 0.3) is 0 Å². The molecule has 0 fully saturated rings. The van der Waals surface area contributed by atoms with E-state index in [-0.39, 0.29) is 17.8 Å². The number of carbonyl (C=O) groups is 1. The molecule has 0 bridgehead atoms. The van der Waals surface area contributed by atoms with Crippen LogP contribution in [0.3, 0.4) is 0 Å². The number of benzene rings is 1. The molecule has 0 unspecified atom stereocenters. The maximum atomic E-state index is 11.3. The summed E-state index contributed by atoms with van der Waals surface area (Å²) in [6.45, 7) is 6.67. The first-order chi connectivity index (χ1) is 7.43. The molecule has 0 radical (unpaired) electrons. The molecule has 0 aliphatic rings. The van der Waals surface area contributed by atoms with Crippen LogP contribution in [-0.2, 0) is 10.2 Å². The third kappa shape index (κ3) is 3.66. The second-order valence-corrected chi connectivity index (χ2v) is 4.79. The highest BCUT2D eigenvalue weighted by molar-refractivity contribution is 5.72. The van der Waals surface area contributed by atoms with E-state index in [1.165, 1.54) is 0 Å². The Balaban J connectivity index is 2.79. The van der Waals surface area contributed by atoms with Gasteiger partial charge in [0.05, 0.1) is 6.42 Å². The summed E-state index contributed by atoms with van der Waals surface area (Å²) >= 11 is 0. The Morgan fingerprint density at radius 2 is 2.06 bits per heavy atom. The van der Waals surface area contributed by atoms with E-state index in [1.807, 2.05) is 18.2 Å². The smallest absolute Gasteiger partial charge is 0.312 e. The van der Waals surface area contributed by atoms with Gasteiger partial charge >= 0.3 is 5.97 Å². The van der Waals surface area contributed by atoms with Gasteiger partial charge in [-0.05, 0) is 23.1 Å². The second-order valence-electron chi connectivity index (χ2n) is 4.79. The topological polar surface area (TPSA) is 52.3 Å². The molecule has 0 spiro atoms. The van der Waals surface area contributed by atoms with Crippen molar-refractivity contribution in [3.63, 3.8) is 0 Å².